The van der Waals surface area contributed by atoms with Gasteiger partial charge in [0.1, 0.15) is 5.82 Å². The third-order valence-corrected chi connectivity index (χ3v) is 5.40. The van der Waals surface area contributed by atoms with Crippen LogP contribution in [-0.4, -0.2) is 40.8 Å². The maximum Gasteiger partial charge on any atom is 0.123 e. The van der Waals surface area contributed by atoms with E-state index < -0.39 is 0 Å². The minimum absolute atomic E-state index is 0.167. The third kappa shape index (κ3) is 3.89. The number of fused-ring (bicyclic) bond motifs is 3. The van der Waals surface area contributed by atoms with Crippen molar-refractivity contribution in [3.05, 3.63) is 65.4 Å². The first-order chi connectivity index (χ1) is 13.3. The fourth-order valence-corrected chi connectivity index (χ4v) is 4.06. The summed E-state index contributed by atoms with van der Waals surface area (Å²) in [4.78, 5) is 6.66. The molecule has 4 rings (SSSR count). The average Bonchev–Trinajstić information content (AvgIpc) is 3.00. The van der Waals surface area contributed by atoms with Crippen LogP contribution >= 0.6 is 0 Å². The second-order valence-electron chi connectivity index (χ2n) is 7.07. The van der Waals surface area contributed by atoms with Gasteiger partial charge in [0.15, 0.2) is 0 Å². The van der Waals surface area contributed by atoms with Gasteiger partial charge < -0.3 is 9.30 Å². The summed E-state index contributed by atoms with van der Waals surface area (Å²) in [6, 6.07) is 9.27. The molecule has 0 unspecified atom stereocenters. The van der Waals surface area contributed by atoms with E-state index in [2.05, 4.69) is 20.5 Å². The van der Waals surface area contributed by atoms with Crippen LogP contribution < -0.4 is 0 Å². The van der Waals surface area contributed by atoms with Crippen molar-refractivity contribution in [2.24, 2.45) is 0 Å². The summed E-state index contributed by atoms with van der Waals surface area (Å²) in [7, 11) is 0. The lowest BCUT2D eigenvalue weighted by Crippen LogP contribution is -2.33. The largest absolute Gasteiger partial charge is 0.380 e. The molecule has 0 aliphatic carbocycles. The molecular weight excluding hydrogens is 341 g/mol. The molecule has 3 aromatic rings. The lowest BCUT2D eigenvalue weighted by molar-refractivity contribution is 0.138. The number of nitrogens with zero attached hydrogens (tertiary/aromatic N) is 3. The van der Waals surface area contributed by atoms with Crippen molar-refractivity contribution < 1.29 is 9.13 Å². The number of pyridine rings is 1. The van der Waals surface area contributed by atoms with E-state index in [-0.39, 0.29) is 5.82 Å². The number of aromatic nitrogens is 2. The molecule has 2 aromatic heterocycles. The number of hydrogen-bond donors (Lipinski definition) is 0. The maximum absolute atomic E-state index is 13.9. The van der Waals surface area contributed by atoms with E-state index in [0.29, 0.717) is 6.61 Å². The SMILES string of the molecule is CCOCCn1c2c(c3cc(F)ccc31)CN(CCc1cccnc1)CC2. The zero-order valence-electron chi connectivity index (χ0n) is 15.8. The molecule has 5 heteroatoms. The quantitative estimate of drug-likeness (QED) is 0.595. The lowest BCUT2D eigenvalue weighted by atomic mass is 10.0. The molecule has 1 aliphatic rings. The predicted molar refractivity (Wildman–Crippen MR) is 105 cm³/mol. The number of ether oxygens (including phenoxy) is 1. The molecule has 27 heavy (non-hydrogen) atoms. The Morgan fingerprint density at radius 2 is 2.15 bits per heavy atom. The summed E-state index contributed by atoms with van der Waals surface area (Å²) in [5.41, 5.74) is 5.00. The number of rotatable bonds is 7. The van der Waals surface area contributed by atoms with Crippen molar-refractivity contribution in [3.63, 3.8) is 0 Å². The fourth-order valence-electron chi connectivity index (χ4n) is 4.06. The Hall–Kier alpha value is -2.24. The molecule has 0 fully saturated rings. The van der Waals surface area contributed by atoms with Crippen molar-refractivity contribution in [2.45, 2.75) is 32.9 Å². The van der Waals surface area contributed by atoms with Crippen molar-refractivity contribution in [1.29, 1.82) is 0 Å². The van der Waals surface area contributed by atoms with E-state index in [0.717, 1.165) is 56.5 Å². The molecule has 0 spiro atoms. The van der Waals surface area contributed by atoms with Gasteiger partial charge >= 0.3 is 0 Å². The first kappa shape index (κ1) is 18.1. The highest BCUT2D eigenvalue weighted by molar-refractivity contribution is 5.86. The Kier molecular flexibility index (Phi) is 5.50. The van der Waals surface area contributed by atoms with Gasteiger partial charge in [0.2, 0.25) is 0 Å². The maximum atomic E-state index is 13.9. The van der Waals surface area contributed by atoms with Crippen LogP contribution in [-0.2, 0) is 30.7 Å². The number of benzene rings is 1. The highest BCUT2D eigenvalue weighted by atomic mass is 19.1. The van der Waals surface area contributed by atoms with Gasteiger partial charge in [0.25, 0.3) is 0 Å². The van der Waals surface area contributed by atoms with Gasteiger partial charge in [-0.3, -0.25) is 9.88 Å². The zero-order valence-corrected chi connectivity index (χ0v) is 15.8. The van der Waals surface area contributed by atoms with Crippen molar-refractivity contribution >= 4 is 10.9 Å². The van der Waals surface area contributed by atoms with Crippen LogP contribution in [0, 0.1) is 5.82 Å². The molecule has 0 saturated heterocycles. The Balaban J connectivity index is 1.57. The molecule has 1 aromatic carbocycles. The lowest BCUT2D eigenvalue weighted by Gasteiger charge is -2.28. The first-order valence-corrected chi connectivity index (χ1v) is 9.74. The summed E-state index contributed by atoms with van der Waals surface area (Å²) in [6.45, 7) is 7.14. The van der Waals surface area contributed by atoms with Gasteiger partial charge in [-0.05, 0) is 48.7 Å². The van der Waals surface area contributed by atoms with Gasteiger partial charge in [-0.15, -0.1) is 0 Å². The van der Waals surface area contributed by atoms with Crippen molar-refractivity contribution in [2.75, 3.05) is 26.3 Å². The molecule has 0 N–H and O–H groups in total. The highest BCUT2D eigenvalue weighted by Crippen LogP contribution is 2.31. The topological polar surface area (TPSA) is 30.3 Å². The number of halogens is 1. The standard InChI is InChI=1S/C22H26FN3O/c1-2-27-13-12-26-21-6-5-18(23)14-19(21)20-16-25(11-8-22(20)26)10-7-17-4-3-9-24-15-17/h3-6,9,14-15H,2,7-8,10-13,16H2,1H3. The predicted octanol–water partition coefficient (Wildman–Crippen LogP) is 3.81. The smallest absolute Gasteiger partial charge is 0.123 e. The van der Waals surface area contributed by atoms with E-state index in [1.165, 1.54) is 16.8 Å². The summed E-state index contributed by atoms with van der Waals surface area (Å²) in [6.07, 6.45) is 5.72. The van der Waals surface area contributed by atoms with E-state index in [1.54, 1.807) is 12.1 Å². The molecule has 142 valence electrons. The van der Waals surface area contributed by atoms with Crippen LogP contribution in [0.4, 0.5) is 4.39 Å². The summed E-state index contributed by atoms with van der Waals surface area (Å²) < 4.78 is 21.8. The average molecular weight is 367 g/mol. The minimum atomic E-state index is -0.167. The normalized spacial score (nSPS) is 14.6. The third-order valence-electron chi connectivity index (χ3n) is 5.40. The molecule has 0 atom stereocenters. The van der Waals surface area contributed by atoms with Gasteiger partial charge in [-0.2, -0.15) is 0 Å². The van der Waals surface area contributed by atoms with E-state index in [1.807, 2.05) is 31.5 Å². The molecule has 0 saturated carbocycles. The van der Waals surface area contributed by atoms with E-state index in [4.69, 9.17) is 4.74 Å². The van der Waals surface area contributed by atoms with Gasteiger partial charge in [0, 0.05) is 68.2 Å². The van der Waals surface area contributed by atoms with Gasteiger partial charge in [-0.25, -0.2) is 4.39 Å². The fraction of sp³-hybridized carbons (Fsp3) is 0.409. The Morgan fingerprint density at radius 1 is 1.22 bits per heavy atom. The number of hydrogen-bond acceptors (Lipinski definition) is 3. The van der Waals surface area contributed by atoms with Crippen LogP contribution in [0.1, 0.15) is 23.7 Å². The zero-order chi connectivity index (χ0) is 18.6. The molecule has 3 heterocycles. The highest BCUT2D eigenvalue weighted by Gasteiger charge is 2.24. The van der Waals surface area contributed by atoms with Crippen LogP contribution in [0.25, 0.3) is 10.9 Å². The molecular formula is C22H26FN3O. The summed E-state index contributed by atoms with van der Waals surface area (Å²) in [5.74, 6) is -0.167. The molecule has 1 aliphatic heterocycles. The second-order valence-corrected chi connectivity index (χ2v) is 7.07. The monoisotopic (exact) mass is 367 g/mol. The van der Waals surface area contributed by atoms with Gasteiger partial charge in [0.05, 0.1) is 6.61 Å². The van der Waals surface area contributed by atoms with Crippen LogP contribution in [0.15, 0.2) is 42.7 Å². The Labute approximate surface area is 159 Å². The molecule has 0 bridgehead atoms. The first-order valence-electron chi connectivity index (χ1n) is 9.74. The van der Waals surface area contributed by atoms with Crippen molar-refractivity contribution in [1.82, 2.24) is 14.5 Å². The van der Waals surface area contributed by atoms with Crippen LogP contribution in [0.5, 0.6) is 0 Å². The van der Waals surface area contributed by atoms with Crippen LogP contribution in [0.2, 0.25) is 0 Å². The Bertz CT molecular complexity index is 907. The molecule has 0 amide bonds. The van der Waals surface area contributed by atoms with Crippen molar-refractivity contribution in [3.8, 4) is 0 Å². The summed E-state index contributed by atoms with van der Waals surface area (Å²) >= 11 is 0. The second kappa shape index (κ2) is 8.19. The van der Waals surface area contributed by atoms with Crippen LogP contribution in [0.3, 0.4) is 0 Å². The van der Waals surface area contributed by atoms with E-state index in [9.17, 15) is 4.39 Å². The minimum Gasteiger partial charge on any atom is -0.380 e. The summed E-state index contributed by atoms with van der Waals surface area (Å²) in [5, 5.41) is 1.05. The van der Waals surface area contributed by atoms with Gasteiger partial charge in [-0.1, -0.05) is 6.07 Å². The van der Waals surface area contributed by atoms with E-state index >= 15 is 0 Å². The Morgan fingerprint density at radius 3 is 2.96 bits per heavy atom. The molecule has 4 nitrogen and oxygen atoms in total. The molecule has 0 radical (unpaired) electrons.